The summed E-state index contributed by atoms with van der Waals surface area (Å²) in [6, 6.07) is 22.5. The molecule has 0 bridgehead atoms. The van der Waals surface area contributed by atoms with Gasteiger partial charge in [-0.3, -0.25) is 9.78 Å². The van der Waals surface area contributed by atoms with Crippen molar-refractivity contribution >= 4 is 5.91 Å². The largest absolute Gasteiger partial charge is 0.379 e. The Labute approximate surface area is 165 Å². The van der Waals surface area contributed by atoms with Crippen LogP contribution < -0.4 is 5.32 Å². The van der Waals surface area contributed by atoms with Gasteiger partial charge < -0.3 is 10.1 Å². The van der Waals surface area contributed by atoms with Crippen LogP contribution in [0.3, 0.4) is 0 Å². The monoisotopic (exact) mass is 372 g/mol. The molecule has 4 rings (SSSR count). The van der Waals surface area contributed by atoms with Crippen molar-refractivity contribution in [2.45, 2.75) is 18.9 Å². The predicted molar refractivity (Wildman–Crippen MR) is 110 cm³/mol. The molecule has 0 unspecified atom stereocenters. The average molecular weight is 372 g/mol. The number of benzene rings is 2. The van der Waals surface area contributed by atoms with E-state index >= 15 is 0 Å². The van der Waals surface area contributed by atoms with E-state index in [2.05, 4.69) is 34.6 Å². The molecule has 2 atom stereocenters. The summed E-state index contributed by atoms with van der Waals surface area (Å²) in [6.07, 6.45) is 4.88. The Morgan fingerprint density at radius 3 is 2.36 bits per heavy atom. The van der Waals surface area contributed by atoms with Gasteiger partial charge in [-0.25, -0.2) is 0 Å². The molecule has 0 spiro atoms. The summed E-state index contributed by atoms with van der Waals surface area (Å²) in [7, 11) is 0. The Morgan fingerprint density at radius 2 is 1.61 bits per heavy atom. The van der Waals surface area contributed by atoms with Crippen LogP contribution in [0.1, 0.15) is 11.1 Å². The Balaban J connectivity index is 1.33. The van der Waals surface area contributed by atoms with Gasteiger partial charge in [0.05, 0.1) is 25.7 Å². The van der Waals surface area contributed by atoms with E-state index in [0.717, 1.165) is 17.5 Å². The second kappa shape index (κ2) is 8.81. The Hall–Kier alpha value is -2.98. The number of pyridine rings is 1. The molecule has 28 heavy (non-hydrogen) atoms. The average Bonchev–Trinajstić information content (AvgIpc) is 3.16. The van der Waals surface area contributed by atoms with Crippen LogP contribution in [-0.2, 0) is 22.4 Å². The van der Waals surface area contributed by atoms with Crippen molar-refractivity contribution in [1.29, 1.82) is 0 Å². The van der Waals surface area contributed by atoms with Gasteiger partial charge in [0.2, 0.25) is 5.91 Å². The Morgan fingerprint density at radius 1 is 0.893 bits per heavy atom. The van der Waals surface area contributed by atoms with E-state index in [1.54, 1.807) is 12.4 Å². The second-order valence-corrected chi connectivity index (χ2v) is 7.27. The van der Waals surface area contributed by atoms with Crippen LogP contribution in [0.2, 0.25) is 0 Å². The zero-order valence-electron chi connectivity index (χ0n) is 15.8. The number of aromatic nitrogens is 1. The van der Waals surface area contributed by atoms with Crippen molar-refractivity contribution < 1.29 is 9.53 Å². The van der Waals surface area contributed by atoms with Crippen LogP contribution in [0, 0.1) is 5.92 Å². The van der Waals surface area contributed by atoms with Crippen molar-refractivity contribution in [2.24, 2.45) is 5.92 Å². The van der Waals surface area contributed by atoms with Gasteiger partial charge in [-0.05, 0) is 40.8 Å². The first-order chi connectivity index (χ1) is 13.8. The normalized spacial score (nSPS) is 18.7. The lowest BCUT2D eigenvalue weighted by molar-refractivity contribution is -0.121. The lowest BCUT2D eigenvalue weighted by atomic mass is 9.95. The lowest BCUT2D eigenvalue weighted by Crippen LogP contribution is -2.41. The Bertz CT molecular complexity index is 895. The maximum absolute atomic E-state index is 12.5. The molecule has 4 heteroatoms. The molecule has 1 N–H and O–H groups in total. The van der Waals surface area contributed by atoms with Gasteiger partial charge >= 0.3 is 0 Å². The molecule has 2 heterocycles. The third kappa shape index (κ3) is 4.65. The summed E-state index contributed by atoms with van der Waals surface area (Å²) in [4.78, 5) is 16.6. The molecule has 142 valence electrons. The summed E-state index contributed by atoms with van der Waals surface area (Å²) in [5, 5.41) is 3.16. The summed E-state index contributed by atoms with van der Waals surface area (Å²) in [6.45, 7) is 1.26. The van der Waals surface area contributed by atoms with E-state index < -0.39 is 0 Å². The van der Waals surface area contributed by atoms with Gasteiger partial charge in [0.25, 0.3) is 0 Å². The highest BCUT2D eigenvalue weighted by Crippen LogP contribution is 2.21. The molecular weight excluding hydrogens is 348 g/mol. The van der Waals surface area contributed by atoms with Crippen LogP contribution in [0.25, 0.3) is 11.1 Å². The number of hydrogen-bond acceptors (Lipinski definition) is 3. The van der Waals surface area contributed by atoms with Crippen molar-refractivity contribution in [3.8, 4) is 11.1 Å². The number of nitrogens with zero attached hydrogens (tertiary/aromatic N) is 1. The molecule has 0 aliphatic carbocycles. The van der Waals surface area contributed by atoms with Crippen molar-refractivity contribution in [3.63, 3.8) is 0 Å². The molecule has 4 nitrogen and oxygen atoms in total. The fraction of sp³-hybridized carbons (Fsp3) is 0.250. The fourth-order valence-electron chi connectivity index (χ4n) is 3.67. The molecule has 1 fully saturated rings. The van der Waals surface area contributed by atoms with E-state index in [1.165, 1.54) is 11.1 Å². The quantitative estimate of drug-likeness (QED) is 0.718. The predicted octanol–water partition coefficient (Wildman–Crippen LogP) is 3.67. The van der Waals surface area contributed by atoms with E-state index in [-0.39, 0.29) is 11.9 Å². The molecule has 0 saturated carbocycles. The maximum atomic E-state index is 12.5. The minimum atomic E-state index is 0.0442. The number of carbonyl (C=O) groups is 1. The highest BCUT2D eigenvalue weighted by atomic mass is 16.5. The molecule has 3 aromatic rings. The summed E-state index contributed by atoms with van der Waals surface area (Å²) in [5.74, 6) is 0.342. The number of nitrogens with one attached hydrogen (secondary N) is 1. The third-order valence-corrected chi connectivity index (χ3v) is 5.22. The second-order valence-electron chi connectivity index (χ2n) is 7.27. The molecule has 2 aromatic carbocycles. The first-order valence-corrected chi connectivity index (χ1v) is 9.68. The smallest absolute Gasteiger partial charge is 0.224 e. The fourth-order valence-corrected chi connectivity index (χ4v) is 3.67. The van der Waals surface area contributed by atoms with Crippen LogP contribution >= 0.6 is 0 Å². The molecule has 1 aliphatic heterocycles. The third-order valence-electron chi connectivity index (χ3n) is 5.22. The number of amides is 1. The van der Waals surface area contributed by atoms with Gasteiger partial charge in [-0.1, -0.05) is 54.6 Å². The van der Waals surface area contributed by atoms with E-state index in [9.17, 15) is 4.79 Å². The minimum Gasteiger partial charge on any atom is -0.379 e. The number of carbonyl (C=O) groups excluding carboxylic acids is 1. The zero-order valence-corrected chi connectivity index (χ0v) is 15.8. The molecule has 0 radical (unpaired) electrons. The molecule has 1 aliphatic rings. The van der Waals surface area contributed by atoms with Crippen molar-refractivity contribution in [3.05, 3.63) is 90.3 Å². The lowest BCUT2D eigenvalue weighted by Gasteiger charge is -2.19. The number of rotatable bonds is 6. The van der Waals surface area contributed by atoms with Gasteiger partial charge in [-0.2, -0.15) is 0 Å². The SMILES string of the molecule is O=C(Cc1ccc(-c2ccccc2)cc1)N[C@H]1COC[C@H]1Cc1ccncc1. The molecule has 1 saturated heterocycles. The summed E-state index contributed by atoms with van der Waals surface area (Å²) in [5.41, 5.74) is 4.58. The van der Waals surface area contributed by atoms with Crippen molar-refractivity contribution in [1.82, 2.24) is 10.3 Å². The molecule has 1 aromatic heterocycles. The highest BCUT2D eigenvalue weighted by molar-refractivity contribution is 5.79. The van der Waals surface area contributed by atoms with Gasteiger partial charge in [0.1, 0.15) is 0 Å². The van der Waals surface area contributed by atoms with Gasteiger partial charge in [-0.15, -0.1) is 0 Å². The number of ether oxygens (including phenoxy) is 1. The highest BCUT2D eigenvalue weighted by Gasteiger charge is 2.29. The van der Waals surface area contributed by atoms with Crippen molar-refractivity contribution in [2.75, 3.05) is 13.2 Å². The standard InChI is InChI=1S/C24H24N2O2/c27-24(15-18-6-8-21(9-7-18)20-4-2-1-3-5-20)26-23-17-28-16-22(23)14-19-10-12-25-13-11-19/h1-13,22-23H,14-17H2,(H,26,27)/t22-,23+/m1/s1. The van der Waals surface area contributed by atoms with Crippen LogP contribution in [0.4, 0.5) is 0 Å². The minimum absolute atomic E-state index is 0.0442. The van der Waals surface area contributed by atoms with E-state index in [1.807, 2.05) is 42.5 Å². The van der Waals surface area contributed by atoms with E-state index in [4.69, 9.17) is 4.74 Å². The van der Waals surface area contributed by atoms with Gasteiger partial charge in [0.15, 0.2) is 0 Å². The topological polar surface area (TPSA) is 51.2 Å². The number of hydrogen-bond donors (Lipinski definition) is 1. The molecular formula is C24H24N2O2. The van der Waals surface area contributed by atoms with Crippen LogP contribution in [-0.4, -0.2) is 30.1 Å². The summed E-state index contributed by atoms with van der Waals surface area (Å²) >= 11 is 0. The Kier molecular flexibility index (Phi) is 5.78. The van der Waals surface area contributed by atoms with Crippen LogP contribution in [0.5, 0.6) is 0 Å². The first-order valence-electron chi connectivity index (χ1n) is 9.68. The molecule has 1 amide bonds. The zero-order chi connectivity index (χ0) is 19.2. The first kappa shape index (κ1) is 18.4. The maximum Gasteiger partial charge on any atom is 0.224 e. The van der Waals surface area contributed by atoms with Crippen LogP contribution in [0.15, 0.2) is 79.1 Å². The summed E-state index contributed by atoms with van der Waals surface area (Å²) < 4.78 is 5.63. The van der Waals surface area contributed by atoms with Gasteiger partial charge in [0, 0.05) is 18.3 Å². The van der Waals surface area contributed by atoms with E-state index in [0.29, 0.717) is 25.6 Å².